The van der Waals surface area contributed by atoms with Crippen LogP contribution in [0.25, 0.3) is 0 Å². The van der Waals surface area contributed by atoms with Gasteiger partial charge in [-0.05, 0) is 26.8 Å². The van der Waals surface area contributed by atoms with Crippen LogP contribution in [0.15, 0.2) is 6.07 Å². The number of aromatic nitrogens is 2. The largest absolute Gasteiger partial charge is 0.332 e. The first kappa shape index (κ1) is 12.1. The summed E-state index contributed by atoms with van der Waals surface area (Å²) in [5, 5.41) is 7.60. The Bertz CT molecular complexity index is 426. The summed E-state index contributed by atoms with van der Waals surface area (Å²) < 4.78 is 1.66. The summed E-state index contributed by atoms with van der Waals surface area (Å²) in [4.78, 5) is 14.4. The highest BCUT2D eigenvalue weighted by Crippen LogP contribution is 2.14. The monoisotopic (exact) mass is 236 g/mol. The van der Waals surface area contributed by atoms with E-state index in [2.05, 4.69) is 24.3 Å². The van der Waals surface area contributed by atoms with Crippen LogP contribution in [0.4, 0.5) is 0 Å². The second kappa shape index (κ2) is 4.49. The number of hydrogen-bond acceptors (Lipinski definition) is 3. The zero-order valence-corrected chi connectivity index (χ0v) is 10.9. The molecule has 1 N–H and O–H groups in total. The molecular formula is C12H20N4O. The van der Waals surface area contributed by atoms with E-state index < -0.39 is 0 Å². The Balaban J connectivity index is 2.22. The number of carbonyl (C=O) groups excluding carboxylic acids is 1. The molecule has 1 aromatic rings. The smallest absolute Gasteiger partial charge is 0.272 e. The molecule has 5 heteroatoms. The summed E-state index contributed by atoms with van der Waals surface area (Å²) >= 11 is 0. The number of aryl methyl sites for hydroxylation is 2. The fourth-order valence-corrected chi connectivity index (χ4v) is 2.30. The van der Waals surface area contributed by atoms with Crippen molar-refractivity contribution in [3.05, 3.63) is 17.5 Å². The lowest BCUT2D eigenvalue weighted by atomic mass is 10.1. The molecule has 0 bridgehead atoms. The fourth-order valence-electron chi connectivity index (χ4n) is 2.30. The normalized spacial score (nSPS) is 25.1. The van der Waals surface area contributed by atoms with E-state index in [0.29, 0.717) is 11.7 Å². The molecule has 0 radical (unpaired) electrons. The molecule has 2 heterocycles. The van der Waals surface area contributed by atoms with E-state index in [0.717, 1.165) is 18.8 Å². The maximum atomic E-state index is 12.4. The van der Waals surface area contributed by atoms with Crippen molar-refractivity contribution >= 4 is 5.91 Å². The molecule has 0 aliphatic carbocycles. The molecule has 2 rings (SSSR count). The molecule has 1 fully saturated rings. The van der Waals surface area contributed by atoms with Crippen molar-refractivity contribution in [2.24, 2.45) is 7.05 Å². The number of piperazine rings is 1. The van der Waals surface area contributed by atoms with Gasteiger partial charge in [0.05, 0.1) is 5.69 Å². The summed E-state index contributed by atoms with van der Waals surface area (Å²) in [6.07, 6.45) is 0. The summed E-state index contributed by atoms with van der Waals surface area (Å²) in [6.45, 7) is 7.71. The first-order valence-electron chi connectivity index (χ1n) is 6.05. The SMILES string of the molecule is Cc1cc(C(=O)N2CCNC(C)C2C)n(C)n1. The zero-order chi connectivity index (χ0) is 12.6. The third-order valence-corrected chi connectivity index (χ3v) is 3.52. The van der Waals surface area contributed by atoms with Crippen LogP contribution < -0.4 is 5.32 Å². The van der Waals surface area contributed by atoms with Crippen molar-refractivity contribution in [3.63, 3.8) is 0 Å². The molecule has 1 amide bonds. The Labute approximate surface area is 102 Å². The van der Waals surface area contributed by atoms with Gasteiger partial charge >= 0.3 is 0 Å². The van der Waals surface area contributed by atoms with Crippen LogP contribution >= 0.6 is 0 Å². The highest BCUT2D eigenvalue weighted by molar-refractivity contribution is 5.93. The lowest BCUT2D eigenvalue weighted by molar-refractivity contribution is 0.0591. The molecule has 1 aliphatic heterocycles. The van der Waals surface area contributed by atoms with Crippen LogP contribution in [0.2, 0.25) is 0 Å². The van der Waals surface area contributed by atoms with Gasteiger partial charge in [-0.1, -0.05) is 0 Å². The average molecular weight is 236 g/mol. The summed E-state index contributed by atoms with van der Waals surface area (Å²) in [5.41, 5.74) is 1.55. The van der Waals surface area contributed by atoms with E-state index in [1.54, 1.807) is 4.68 Å². The van der Waals surface area contributed by atoms with Crippen molar-refractivity contribution in [2.45, 2.75) is 32.9 Å². The number of amides is 1. The van der Waals surface area contributed by atoms with Crippen LogP contribution in [0.5, 0.6) is 0 Å². The van der Waals surface area contributed by atoms with Crippen molar-refractivity contribution in [2.75, 3.05) is 13.1 Å². The minimum atomic E-state index is 0.0777. The molecule has 2 atom stereocenters. The molecule has 94 valence electrons. The minimum absolute atomic E-state index is 0.0777. The van der Waals surface area contributed by atoms with Crippen molar-refractivity contribution in [1.82, 2.24) is 20.0 Å². The summed E-state index contributed by atoms with van der Waals surface area (Å²) in [6, 6.07) is 2.40. The van der Waals surface area contributed by atoms with Gasteiger partial charge in [0.15, 0.2) is 0 Å². The maximum absolute atomic E-state index is 12.4. The molecular weight excluding hydrogens is 216 g/mol. The standard InChI is InChI=1S/C12H20N4O/c1-8-7-11(15(4)14-8)12(17)16-6-5-13-9(2)10(16)3/h7,9-10,13H,5-6H2,1-4H3. The van der Waals surface area contributed by atoms with Gasteiger partial charge in [0.2, 0.25) is 0 Å². The maximum Gasteiger partial charge on any atom is 0.272 e. The van der Waals surface area contributed by atoms with Gasteiger partial charge < -0.3 is 10.2 Å². The Morgan fingerprint density at radius 2 is 2.24 bits per heavy atom. The molecule has 0 spiro atoms. The van der Waals surface area contributed by atoms with Gasteiger partial charge in [-0.3, -0.25) is 9.48 Å². The minimum Gasteiger partial charge on any atom is -0.332 e. The number of nitrogens with one attached hydrogen (secondary N) is 1. The summed E-state index contributed by atoms with van der Waals surface area (Å²) in [5.74, 6) is 0.0777. The van der Waals surface area contributed by atoms with E-state index in [1.807, 2.05) is 24.9 Å². The second-order valence-corrected chi connectivity index (χ2v) is 4.78. The fraction of sp³-hybridized carbons (Fsp3) is 0.667. The van der Waals surface area contributed by atoms with Crippen molar-refractivity contribution in [3.8, 4) is 0 Å². The number of carbonyl (C=O) groups is 1. The van der Waals surface area contributed by atoms with E-state index in [-0.39, 0.29) is 11.9 Å². The van der Waals surface area contributed by atoms with Crippen molar-refractivity contribution < 1.29 is 4.79 Å². The molecule has 1 saturated heterocycles. The topological polar surface area (TPSA) is 50.2 Å². The molecule has 17 heavy (non-hydrogen) atoms. The number of rotatable bonds is 1. The molecule has 1 aromatic heterocycles. The second-order valence-electron chi connectivity index (χ2n) is 4.78. The average Bonchev–Trinajstić information content (AvgIpc) is 2.61. The van der Waals surface area contributed by atoms with Gasteiger partial charge in [-0.25, -0.2) is 0 Å². The van der Waals surface area contributed by atoms with Gasteiger partial charge in [0.1, 0.15) is 5.69 Å². The third kappa shape index (κ3) is 2.20. The van der Waals surface area contributed by atoms with E-state index in [9.17, 15) is 4.79 Å². The van der Waals surface area contributed by atoms with Crippen molar-refractivity contribution in [1.29, 1.82) is 0 Å². The predicted molar refractivity (Wildman–Crippen MR) is 65.9 cm³/mol. The van der Waals surface area contributed by atoms with E-state index in [1.165, 1.54) is 0 Å². The van der Waals surface area contributed by atoms with Crippen LogP contribution in [-0.4, -0.2) is 45.8 Å². The van der Waals surface area contributed by atoms with Crippen LogP contribution in [0, 0.1) is 6.92 Å². The molecule has 0 saturated carbocycles. The molecule has 1 aliphatic rings. The van der Waals surface area contributed by atoms with Gasteiger partial charge in [-0.15, -0.1) is 0 Å². The Hall–Kier alpha value is -1.36. The Kier molecular flexibility index (Phi) is 3.19. The highest BCUT2D eigenvalue weighted by atomic mass is 16.2. The summed E-state index contributed by atoms with van der Waals surface area (Å²) in [7, 11) is 1.82. The van der Waals surface area contributed by atoms with E-state index in [4.69, 9.17) is 0 Å². The number of hydrogen-bond donors (Lipinski definition) is 1. The van der Waals surface area contributed by atoms with Gasteiger partial charge in [0.25, 0.3) is 5.91 Å². The Morgan fingerprint density at radius 3 is 2.82 bits per heavy atom. The highest BCUT2D eigenvalue weighted by Gasteiger charge is 2.30. The molecule has 5 nitrogen and oxygen atoms in total. The lowest BCUT2D eigenvalue weighted by Crippen LogP contribution is -2.57. The van der Waals surface area contributed by atoms with Crippen LogP contribution in [0.1, 0.15) is 30.0 Å². The lowest BCUT2D eigenvalue weighted by Gasteiger charge is -2.38. The zero-order valence-electron chi connectivity index (χ0n) is 10.9. The van der Waals surface area contributed by atoms with Gasteiger partial charge in [-0.2, -0.15) is 5.10 Å². The molecule has 0 aromatic carbocycles. The van der Waals surface area contributed by atoms with Crippen LogP contribution in [0.3, 0.4) is 0 Å². The van der Waals surface area contributed by atoms with E-state index >= 15 is 0 Å². The first-order chi connectivity index (χ1) is 8.00. The Morgan fingerprint density at radius 1 is 1.53 bits per heavy atom. The quantitative estimate of drug-likeness (QED) is 0.774. The van der Waals surface area contributed by atoms with Crippen LogP contribution in [-0.2, 0) is 7.05 Å². The molecule has 2 unspecified atom stereocenters. The first-order valence-corrected chi connectivity index (χ1v) is 6.05. The van der Waals surface area contributed by atoms with Gasteiger partial charge in [0, 0.05) is 32.2 Å². The third-order valence-electron chi connectivity index (χ3n) is 3.52. The predicted octanol–water partition coefficient (Wildman–Crippen LogP) is 0.551. The number of nitrogens with zero attached hydrogens (tertiary/aromatic N) is 3.